The summed E-state index contributed by atoms with van der Waals surface area (Å²) in [6, 6.07) is 2.46. The van der Waals surface area contributed by atoms with Crippen LogP contribution in [0.3, 0.4) is 0 Å². The summed E-state index contributed by atoms with van der Waals surface area (Å²) < 4.78 is 13.6. The van der Waals surface area contributed by atoms with Crippen LogP contribution in [0.25, 0.3) is 0 Å². The molecule has 0 spiro atoms. The van der Waals surface area contributed by atoms with Gasteiger partial charge in [0.1, 0.15) is 5.82 Å². The molecule has 1 aliphatic carbocycles. The zero-order valence-electron chi connectivity index (χ0n) is 11.3. The molecule has 108 valence electrons. The molecule has 0 aliphatic heterocycles. The SMILES string of the molecule is Cc1c(F)cc(C(N)=O)cc1NC(=O)CNCC1CC1. The highest BCUT2D eigenvalue weighted by Gasteiger charge is 2.20. The molecule has 0 saturated heterocycles. The Morgan fingerprint density at radius 1 is 1.40 bits per heavy atom. The highest BCUT2D eigenvalue weighted by atomic mass is 19.1. The molecule has 1 aromatic rings. The van der Waals surface area contributed by atoms with Crippen molar-refractivity contribution in [2.24, 2.45) is 11.7 Å². The molecule has 0 bridgehead atoms. The largest absolute Gasteiger partial charge is 0.366 e. The number of anilines is 1. The van der Waals surface area contributed by atoms with Crippen molar-refractivity contribution >= 4 is 17.5 Å². The van der Waals surface area contributed by atoms with Crippen molar-refractivity contribution in [3.8, 4) is 0 Å². The number of nitrogens with one attached hydrogen (secondary N) is 2. The van der Waals surface area contributed by atoms with Crippen LogP contribution in [0, 0.1) is 18.7 Å². The van der Waals surface area contributed by atoms with Crippen LogP contribution in [0.2, 0.25) is 0 Å². The Labute approximate surface area is 116 Å². The van der Waals surface area contributed by atoms with Crippen LogP contribution >= 0.6 is 0 Å². The predicted molar refractivity (Wildman–Crippen MR) is 73.9 cm³/mol. The van der Waals surface area contributed by atoms with Crippen LogP contribution in [-0.2, 0) is 4.79 Å². The van der Waals surface area contributed by atoms with Gasteiger partial charge in [-0.05, 0) is 44.4 Å². The molecule has 1 saturated carbocycles. The van der Waals surface area contributed by atoms with Crippen molar-refractivity contribution in [1.82, 2.24) is 5.32 Å². The third kappa shape index (κ3) is 3.77. The molecule has 2 amide bonds. The number of hydrogen-bond acceptors (Lipinski definition) is 3. The topological polar surface area (TPSA) is 84.2 Å². The molecule has 0 unspecified atom stereocenters. The average molecular weight is 279 g/mol. The highest BCUT2D eigenvalue weighted by molar-refractivity contribution is 5.97. The maximum Gasteiger partial charge on any atom is 0.248 e. The molecule has 0 aromatic heterocycles. The van der Waals surface area contributed by atoms with E-state index in [9.17, 15) is 14.0 Å². The Hall–Kier alpha value is -1.95. The first-order chi connectivity index (χ1) is 9.47. The van der Waals surface area contributed by atoms with Crippen LogP contribution in [0.1, 0.15) is 28.8 Å². The van der Waals surface area contributed by atoms with Gasteiger partial charge in [0.15, 0.2) is 0 Å². The van der Waals surface area contributed by atoms with E-state index < -0.39 is 11.7 Å². The molecule has 1 aliphatic rings. The molecule has 6 heteroatoms. The fraction of sp³-hybridized carbons (Fsp3) is 0.429. The number of primary amides is 1. The molecule has 4 N–H and O–H groups in total. The Balaban J connectivity index is 1.99. The van der Waals surface area contributed by atoms with Gasteiger partial charge in [-0.25, -0.2) is 4.39 Å². The lowest BCUT2D eigenvalue weighted by Gasteiger charge is -2.11. The van der Waals surface area contributed by atoms with Gasteiger partial charge >= 0.3 is 0 Å². The average Bonchev–Trinajstić information content (AvgIpc) is 3.18. The van der Waals surface area contributed by atoms with Crippen LogP contribution in [0.5, 0.6) is 0 Å². The number of nitrogens with two attached hydrogens (primary N) is 1. The van der Waals surface area contributed by atoms with E-state index in [1.807, 2.05) is 0 Å². The lowest BCUT2D eigenvalue weighted by Crippen LogP contribution is -2.29. The number of carbonyl (C=O) groups is 2. The van der Waals surface area contributed by atoms with E-state index in [0.717, 1.165) is 12.6 Å². The minimum Gasteiger partial charge on any atom is -0.366 e. The number of halogens is 1. The van der Waals surface area contributed by atoms with Crippen LogP contribution in [-0.4, -0.2) is 24.9 Å². The maximum absolute atomic E-state index is 13.6. The van der Waals surface area contributed by atoms with E-state index in [0.29, 0.717) is 5.92 Å². The zero-order valence-corrected chi connectivity index (χ0v) is 11.3. The van der Waals surface area contributed by atoms with E-state index in [1.54, 1.807) is 0 Å². The van der Waals surface area contributed by atoms with Gasteiger partial charge in [-0.3, -0.25) is 9.59 Å². The molecular formula is C14H18FN3O2. The van der Waals surface area contributed by atoms with Crippen molar-refractivity contribution in [3.05, 3.63) is 29.1 Å². The van der Waals surface area contributed by atoms with Gasteiger partial charge in [0.25, 0.3) is 0 Å². The quantitative estimate of drug-likeness (QED) is 0.731. The number of benzene rings is 1. The number of amides is 2. The second kappa shape index (κ2) is 6.00. The summed E-state index contributed by atoms with van der Waals surface area (Å²) in [5.41, 5.74) is 5.72. The van der Waals surface area contributed by atoms with Crippen molar-refractivity contribution < 1.29 is 14.0 Å². The molecule has 1 fully saturated rings. The summed E-state index contributed by atoms with van der Waals surface area (Å²) in [5.74, 6) is -0.885. The fourth-order valence-electron chi connectivity index (χ4n) is 1.86. The van der Waals surface area contributed by atoms with Crippen molar-refractivity contribution in [2.75, 3.05) is 18.4 Å². The second-order valence-corrected chi connectivity index (χ2v) is 5.12. The highest BCUT2D eigenvalue weighted by Crippen LogP contribution is 2.27. The van der Waals surface area contributed by atoms with Gasteiger partial charge in [0.2, 0.25) is 11.8 Å². The molecular weight excluding hydrogens is 261 g/mol. The van der Waals surface area contributed by atoms with Gasteiger partial charge in [-0.1, -0.05) is 0 Å². The van der Waals surface area contributed by atoms with Crippen molar-refractivity contribution in [1.29, 1.82) is 0 Å². The van der Waals surface area contributed by atoms with E-state index in [4.69, 9.17) is 5.73 Å². The number of carbonyl (C=O) groups excluding carboxylic acids is 2. The first-order valence-corrected chi connectivity index (χ1v) is 6.58. The monoisotopic (exact) mass is 279 g/mol. The third-order valence-corrected chi connectivity index (χ3v) is 3.32. The number of rotatable bonds is 6. The van der Waals surface area contributed by atoms with Crippen LogP contribution in [0.4, 0.5) is 10.1 Å². The molecule has 1 aromatic carbocycles. The van der Waals surface area contributed by atoms with Gasteiger partial charge in [0.05, 0.1) is 6.54 Å². The van der Waals surface area contributed by atoms with Crippen LogP contribution in [0.15, 0.2) is 12.1 Å². The zero-order chi connectivity index (χ0) is 14.7. The standard InChI is InChI=1S/C14H18FN3O2/c1-8-11(15)4-10(14(16)20)5-12(8)18-13(19)7-17-6-9-2-3-9/h4-5,9,17H,2-3,6-7H2,1H3,(H2,16,20)(H,18,19). The predicted octanol–water partition coefficient (Wildman–Crippen LogP) is 1.17. The summed E-state index contributed by atoms with van der Waals surface area (Å²) in [4.78, 5) is 22.8. The summed E-state index contributed by atoms with van der Waals surface area (Å²) in [6.07, 6.45) is 2.42. The van der Waals surface area contributed by atoms with Gasteiger partial charge < -0.3 is 16.4 Å². The lowest BCUT2D eigenvalue weighted by atomic mass is 10.1. The molecule has 20 heavy (non-hydrogen) atoms. The van der Waals surface area contributed by atoms with Gasteiger partial charge in [0, 0.05) is 16.8 Å². The molecule has 0 heterocycles. The Morgan fingerprint density at radius 2 is 2.10 bits per heavy atom. The van der Waals surface area contributed by atoms with Crippen LogP contribution < -0.4 is 16.4 Å². The van der Waals surface area contributed by atoms with E-state index in [1.165, 1.54) is 25.8 Å². The summed E-state index contributed by atoms with van der Waals surface area (Å²) in [6.45, 7) is 2.52. The summed E-state index contributed by atoms with van der Waals surface area (Å²) >= 11 is 0. The Bertz CT molecular complexity index is 541. The van der Waals surface area contributed by atoms with Gasteiger partial charge in [-0.2, -0.15) is 0 Å². The second-order valence-electron chi connectivity index (χ2n) is 5.12. The lowest BCUT2D eigenvalue weighted by molar-refractivity contribution is -0.115. The van der Waals surface area contributed by atoms with E-state index in [-0.39, 0.29) is 29.3 Å². The van der Waals surface area contributed by atoms with E-state index >= 15 is 0 Å². The van der Waals surface area contributed by atoms with Crippen molar-refractivity contribution in [2.45, 2.75) is 19.8 Å². The smallest absolute Gasteiger partial charge is 0.248 e. The fourth-order valence-corrected chi connectivity index (χ4v) is 1.86. The Kier molecular flexibility index (Phi) is 4.34. The maximum atomic E-state index is 13.6. The first kappa shape index (κ1) is 14.5. The molecule has 0 atom stereocenters. The van der Waals surface area contributed by atoms with Crippen molar-refractivity contribution in [3.63, 3.8) is 0 Å². The number of hydrogen-bond donors (Lipinski definition) is 3. The molecule has 5 nitrogen and oxygen atoms in total. The Morgan fingerprint density at radius 3 is 2.70 bits per heavy atom. The first-order valence-electron chi connectivity index (χ1n) is 6.58. The normalized spacial score (nSPS) is 14.1. The molecule has 2 rings (SSSR count). The summed E-state index contributed by atoms with van der Waals surface area (Å²) in [7, 11) is 0. The minimum absolute atomic E-state index is 0.0364. The third-order valence-electron chi connectivity index (χ3n) is 3.32. The molecule has 0 radical (unpaired) electrons. The van der Waals surface area contributed by atoms with Gasteiger partial charge in [-0.15, -0.1) is 0 Å². The van der Waals surface area contributed by atoms with E-state index in [2.05, 4.69) is 10.6 Å². The summed E-state index contributed by atoms with van der Waals surface area (Å²) in [5, 5.41) is 5.63. The minimum atomic E-state index is -0.730.